The molecule has 43 heavy (non-hydrogen) atoms. The van der Waals surface area contributed by atoms with E-state index in [9.17, 15) is 7.84 Å². The predicted octanol–water partition coefficient (Wildman–Crippen LogP) is 14.9. The normalized spacial score (nSPS) is 12.0. The average Bonchev–Trinajstić information content (AvgIpc) is 3.00. The van der Waals surface area contributed by atoms with E-state index >= 15 is 0 Å². The van der Waals surface area contributed by atoms with Crippen molar-refractivity contribution in [1.82, 2.24) is 0 Å². The van der Waals surface area contributed by atoms with Crippen molar-refractivity contribution in [1.29, 1.82) is 0 Å². The molecule has 260 valence electrons. The summed E-state index contributed by atoms with van der Waals surface area (Å²) in [6.07, 6.45) is 49.3. The van der Waals surface area contributed by atoms with E-state index < -0.39 is 13.8 Å². The molecule has 0 unspecified atom stereocenters. The van der Waals surface area contributed by atoms with Crippen LogP contribution in [0, 0.1) is 0 Å². The Morgan fingerprint density at radius 1 is 0.279 bits per heavy atom. The van der Waals surface area contributed by atoms with Gasteiger partial charge in [-0.2, -0.15) is 0 Å². The van der Waals surface area contributed by atoms with Crippen LogP contribution in [-0.2, 0) is 3.74 Å². The van der Waals surface area contributed by atoms with Crippen molar-refractivity contribution in [3.63, 3.8) is 0 Å². The van der Waals surface area contributed by atoms with Crippen LogP contribution >= 0.6 is 0 Å². The van der Waals surface area contributed by atoms with E-state index in [1.807, 2.05) is 0 Å². The molecule has 0 saturated carbocycles. The molecule has 0 saturated heterocycles. The third kappa shape index (κ3) is 38.4. The van der Waals surface area contributed by atoms with Gasteiger partial charge in [0.2, 0.25) is 0 Å². The number of unbranched alkanes of at least 4 members (excludes halogenated alkanes) is 34. The second-order valence-electron chi connectivity index (χ2n) is 14.3. The Bertz CT molecular complexity index is 505. The molecular formula is C40H83AsO2. The Labute approximate surface area is 276 Å². The van der Waals surface area contributed by atoms with Gasteiger partial charge in [0.1, 0.15) is 0 Å². The molecule has 3 heteroatoms. The smallest absolute Gasteiger partial charge is 0.0654 e. The molecule has 2 nitrogen and oxygen atoms in total. The van der Waals surface area contributed by atoms with Gasteiger partial charge in [0.15, 0.2) is 0 Å². The van der Waals surface area contributed by atoms with Crippen molar-refractivity contribution in [3.05, 3.63) is 0 Å². The molecule has 0 amide bonds. The predicted molar refractivity (Wildman–Crippen MR) is 196 cm³/mol. The zero-order chi connectivity index (χ0) is 31.4. The summed E-state index contributed by atoms with van der Waals surface area (Å²) < 4.78 is 23.0. The number of rotatable bonds is 38. The SMILES string of the molecule is CCCCCCCCCCCCCCCCCCCC[As](=O)(O)CCCCCCCCCCCCCCCCCCCC. The van der Waals surface area contributed by atoms with Gasteiger partial charge in [0.05, 0.1) is 0 Å². The zero-order valence-corrected chi connectivity index (χ0v) is 32.0. The third-order valence-electron chi connectivity index (χ3n) is 9.72. The molecule has 0 heterocycles. The van der Waals surface area contributed by atoms with Gasteiger partial charge in [-0.3, -0.25) is 0 Å². The number of hydrogen-bond acceptors (Lipinski definition) is 1. The van der Waals surface area contributed by atoms with Crippen LogP contribution in [0.25, 0.3) is 0 Å². The third-order valence-corrected chi connectivity index (χ3v) is 14.0. The van der Waals surface area contributed by atoms with Gasteiger partial charge in [-0.1, -0.05) is 104 Å². The molecule has 0 aromatic heterocycles. The van der Waals surface area contributed by atoms with E-state index in [1.165, 1.54) is 205 Å². The minimum absolute atomic E-state index is 0.621. The van der Waals surface area contributed by atoms with Gasteiger partial charge < -0.3 is 0 Å². The van der Waals surface area contributed by atoms with E-state index in [0.717, 1.165) is 25.7 Å². The molecule has 0 aliphatic carbocycles. The van der Waals surface area contributed by atoms with Crippen molar-refractivity contribution < 1.29 is 7.84 Å². The van der Waals surface area contributed by atoms with Gasteiger partial charge in [0.25, 0.3) is 0 Å². The van der Waals surface area contributed by atoms with Crippen molar-refractivity contribution in [2.45, 2.75) is 255 Å². The summed E-state index contributed by atoms with van der Waals surface area (Å²) in [6.45, 7) is 4.59. The van der Waals surface area contributed by atoms with Crippen LogP contribution in [-0.4, -0.2) is 17.9 Å². The standard InChI is InChI=1S/C40H83AsO2/c1-3-5-7-9-11-13-15-17-19-21-23-25-27-29-31-33-35-37-39-41(42,43)40-38-36-34-32-30-28-26-24-22-20-18-16-14-12-10-8-6-4-2/h3-40H2,1-2H3,(H,42,43). The van der Waals surface area contributed by atoms with Crippen molar-refractivity contribution >= 4 is 13.8 Å². The molecule has 0 aliphatic heterocycles. The minimum atomic E-state index is -3.53. The van der Waals surface area contributed by atoms with Crippen LogP contribution in [0.3, 0.4) is 0 Å². The van der Waals surface area contributed by atoms with Gasteiger partial charge in [-0.15, -0.1) is 0 Å². The fourth-order valence-electron chi connectivity index (χ4n) is 6.63. The van der Waals surface area contributed by atoms with E-state index in [0.29, 0.717) is 10.4 Å². The summed E-state index contributed by atoms with van der Waals surface area (Å²) in [5.74, 6) is 0. The van der Waals surface area contributed by atoms with Crippen molar-refractivity contribution in [2.24, 2.45) is 0 Å². The Morgan fingerprint density at radius 2 is 0.419 bits per heavy atom. The second kappa shape index (κ2) is 36.8. The molecule has 0 aliphatic rings. The first-order chi connectivity index (χ1) is 21.1. The minimum Gasteiger partial charge on any atom is -0.0654 e. The fourth-order valence-corrected chi connectivity index (χ4v) is 10.1. The summed E-state index contributed by atoms with van der Waals surface area (Å²) in [7, 11) is 0. The monoisotopic (exact) mass is 671 g/mol. The summed E-state index contributed by atoms with van der Waals surface area (Å²) in [6, 6.07) is 0. The summed E-state index contributed by atoms with van der Waals surface area (Å²) in [4.78, 5) is 0. The first-order valence-corrected chi connectivity index (χ1v) is 24.7. The maximum absolute atomic E-state index is 12.6. The molecule has 0 fully saturated rings. The Balaban J connectivity index is 3.26. The van der Waals surface area contributed by atoms with Crippen molar-refractivity contribution in [3.8, 4) is 0 Å². The summed E-state index contributed by atoms with van der Waals surface area (Å²) >= 11 is -3.53. The van der Waals surface area contributed by atoms with Gasteiger partial charge in [-0.05, 0) is 0 Å². The fraction of sp³-hybridized carbons (Fsp3) is 1.00. The quantitative estimate of drug-likeness (QED) is 0.0524. The molecule has 0 aromatic carbocycles. The second-order valence-corrected chi connectivity index (χ2v) is 19.7. The number of hydrogen-bond donors (Lipinski definition) is 1. The van der Waals surface area contributed by atoms with Crippen LogP contribution in [0.1, 0.15) is 245 Å². The van der Waals surface area contributed by atoms with Crippen molar-refractivity contribution in [2.75, 3.05) is 0 Å². The van der Waals surface area contributed by atoms with Gasteiger partial charge >= 0.3 is 173 Å². The molecule has 0 rings (SSSR count). The van der Waals surface area contributed by atoms with Gasteiger partial charge in [-0.25, -0.2) is 0 Å². The zero-order valence-electron chi connectivity index (χ0n) is 30.2. The first kappa shape index (κ1) is 43.3. The maximum atomic E-state index is 12.6. The topological polar surface area (TPSA) is 37.3 Å². The van der Waals surface area contributed by atoms with E-state index in [-0.39, 0.29) is 0 Å². The molecule has 0 atom stereocenters. The van der Waals surface area contributed by atoms with Crippen LogP contribution in [0.4, 0.5) is 0 Å². The van der Waals surface area contributed by atoms with Crippen LogP contribution in [0.5, 0.6) is 0 Å². The van der Waals surface area contributed by atoms with Crippen LogP contribution in [0.15, 0.2) is 0 Å². The van der Waals surface area contributed by atoms with Crippen LogP contribution < -0.4 is 0 Å². The van der Waals surface area contributed by atoms with E-state index in [1.54, 1.807) is 0 Å². The molecule has 0 spiro atoms. The summed E-state index contributed by atoms with van der Waals surface area (Å²) in [5.41, 5.74) is 0. The Morgan fingerprint density at radius 3 is 0.581 bits per heavy atom. The average molecular weight is 671 g/mol. The Hall–Kier alpha value is 0.318. The first-order valence-electron chi connectivity index (χ1n) is 20.4. The summed E-state index contributed by atoms with van der Waals surface area (Å²) in [5, 5.41) is 1.24. The van der Waals surface area contributed by atoms with E-state index in [4.69, 9.17) is 0 Å². The van der Waals surface area contributed by atoms with Crippen LogP contribution in [0.2, 0.25) is 10.4 Å². The molecular weight excluding hydrogens is 587 g/mol. The van der Waals surface area contributed by atoms with E-state index in [2.05, 4.69) is 13.8 Å². The molecule has 0 bridgehead atoms. The molecule has 1 N–H and O–H groups in total. The molecule has 0 radical (unpaired) electrons. The molecule has 0 aromatic rings. The Kier molecular flexibility index (Phi) is 37.1. The van der Waals surface area contributed by atoms with Gasteiger partial charge in [0, 0.05) is 0 Å².